The molecule has 4 rings (SSSR count). The summed E-state index contributed by atoms with van der Waals surface area (Å²) in [5.41, 5.74) is 4.48. The number of hydrogen-bond donors (Lipinski definition) is 2. The Morgan fingerprint density at radius 1 is 0.800 bits per heavy atom. The molecule has 4 aromatic rings. The molecular formula is C26H22ClN3. The number of hydrogen-bond acceptors (Lipinski definition) is 3. The molecule has 3 aromatic carbocycles. The zero-order chi connectivity index (χ0) is 21.0. The summed E-state index contributed by atoms with van der Waals surface area (Å²) in [5, 5.41) is 12.4. The second-order valence-electron chi connectivity index (χ2n) is 7.15. The van der Waals surface area contributed by atoms with Gasteiger partial charge >= 0.3 is 0 Å². The molecule has 0 saturated heterocycles. The van der Waals surface area contributed by atoms with Gasteiger partial charge in [0.1, 0.15) is 10.7 Å². The van der Waals surface area contributed by atoms with Crippen molar-refractivity contribution in [3.63, 3.8) is 0 Å². The zero-order valence-corrected chi connectivity index (χ0v) is 17.4. The van der Waals surface area contributed by atoms with Gasteiger partial charge in [-0.3, -0.25) is 0 Å². The maximum Gasteiger partial charge on any atom is 0.131 e. The van der Waals surface area contributed by atoms with E-state index in [2.05, 4.69) is 46.7 Å². The van der Waals surface area contributed by atoms with E-state index in [0.29, 0.717) is 16.4 Å². The SMILES string of the molecule is CC(=N)c1cnc(Cl)cc1NC(c1ccccc1)(c1ccccc1)c1ccccc1. The number of halogens is 1. The van der Waals surface area contributed by atoms with Crippen LogP contribution in [-0.4, -0.2) is 10.7 Å². The summed E-state index contributed by atoms with van der Waals surface area (Å²) in [6.45, 7) is 1.76. The average Bonchev–Trinajstić information content (AvgIpc) is 2.79. The average molecular weight is 412 g/mol. The van der Waals surface area contributed by atoms with Crippen molar-refractivity contribution >= 4 is 23.0 Å². The van der Waals surface area contributed by atoms with Gasteiger partial charge in [-0.1, -0.05) is 103 Å². The standard InChI is InChI=1S/C26H22ClN3/c1-19(28)23-18-29-25(27)17-24(23)30-26(20-11-5-2-6-12-20,21-13-7-3-8-14-21)22-15-9-4-10-16-22/h2-18,28H,1H3,(H,29,30). The lowest BCUT2D eigenvalue weighted by atomic mass is 9.76. The summed E-state index contributed by atoms with van der Waals surface area (Å²) >= 11 is 6.27. The van der Waals surface area contributed by atoms with Crippen molar-refractivity contribution in [3.8, 4) is 0 Å². The van der Waals surface area contributed by atoms with E-state index in [1.807, 2.05) is 54.6 Å². The predicted molar refractivity (Wildman–Crippen MR) is 125 cm³/mol. The fourth-order valence-electron chi connectivity index (χ4n) is 3.82. The summed E-state index contributed by atoms with van der Waals surface area (Å²) in [4.78, 5) is 4.19. The number of pyridine rings is 1. The molecule has 0 amide bonds. The maximum atomic E-state index is 8.25. The van der Waals surface area contributed by atoms with E-state index in [4.69, 9.17) is 17.0 Å². The van der Waals surface area contributed by atoms with E-state index in [0.717, 1.165) is 22.4 Å². The minimum absolute atomic E-state index is 0.380. The van der Waals surface area contributed by atoms with E-state index in [-0.39, 0.29) is 0 Å². The number of rotatable bonds is 6. The van der Waals surface area contributed by atoms with Crippen molar-refractivity contribution in [2.45, 2.75) is 12.5 Å². The molecule has 0 spiro atoms. The minimum atomic E-state index is -0.682. The predicted octanol–water partition coefficient (Wildman–Crippen LogP) is 6.53. The number of nitrogens with zero attached hydrogens (tertiary/aromatic N) is 1. The van der Waals surface area contributed by atoms with Crippen LogP contribution in [0.1, 0.15) is 29.2 Å². The molecule has 0 aliphatic heterocycles. The van der Waals surface area contributed by atoms with Crippen LogP contribution in [0.5, 0.6) is 0 Å². The fourth-order valence-corrected chi connectivity index (χ4v) is 3.97. The van der Waals surface area contributed by atoms with Crippen molar-refractivity contribution in [1.29, 1.82) is 5.41 Å². The first-order valence-corrected chi connectivity index (χ1v) is 10.1. The highest BCUT2D eigenvalue weighted by Crippen LogP contribution is 2.40. The highest BCUT2D eigenvalue weighted by Gasteiger charge is 2.37. The van der Waals surface area contributed by atoms with E-state index in [1.165, 1.54) is 0 Å². The molecule has 0 fully saturated rings. The molecule has 148 valence electrons. The highest BCUT2D eigenvalue weighted by molar-refractivity contribution is 6.29. The lowest BCUT2D eigenvalue weighted by molar-refractivity contribution is 0.711. The van der Waals surface area contributed by atoms with Crippen LogP contribution in [-0.2, 0) is 5.54 Å². The Morgan fingerprint density at radius 3 is 1.63 bits per heavy atom. The van der Waals surface area contributed by atoms with Crippen LogP contribution in [0.3, 0.4) is 0 Å². The molecular weight excluding hydrogens is 390 g/mol. The first-order valence-electron chi connectivity index (χ1n) is 9.77. The quantitative estimate of drug-likeness (QED) is 0.215. The molecule has 30 heavy (non-hydrogen) atoms. The molecule has 0 saturated carbocycles. The maximum absolute atomic E-state index is 8.25. The van der Waals surface area contributed by atoms with Crippen LogP contribution >= 0.6 is 11.6 Å². The topological polar surface area (TPSA) is 48.8 Å². The molecule has 1 heterocycles. The Bertz CT molecular complexity index is 1050. The summed E-state index contributed by atoms with van der Waals surface area (Å²) < 4.78 is 0. The number of aromatic nitrogens is 1. The van der Waals surface area contributed by atoms with E-state index in [9.17, 15) is 0 Å². The van der Waals surface area contributed by atoms with Gasteiger partial charge in [0, 0.05) is 23.2 Å². The van der Waals surface area contributed by atoms with Crippen LogP contribution in [0.4, 0.5) is 5.69 Å². The van der Waals surface area contributed by atoms with Crippen molar-refractivity contribution in [2.24, 2.45) is 0 Å². The first kappa shape index (κ1) is 19.9. The summed E-state index contributed by atoms with van der Waals surface area (Å²) in [5.74, 6) is 0. The van der Waals surface area contributed by atoms with Gasteiger partial charge in [0.25, 0.3) is 0 Å². The van der Waals surface area contributed by atoms with Crippen molar-refractivity contribution < 1.29 is 0 Å². The molecule has 0 radical (unpaired) electrons. The van der Waals surface area contributed by atoms with Crippen molar-refractivity contribution in [2.75, 3.05) is 5.32 Å². The molecule has 0 aliphatic rings. The van der Waals surface area contributed by atoms with Crippen LogP contribution in [0.25, 0.3) is 0 Å². The van der Waals surface area contributed by atoms with Crippen LogP contribution in [0, 0.1) is 5.41 Å². The van der Waals surface area contributed by atoms with Gasteiger partial charge in [-0.05, 0) is 29.7 Å². The molecule has 0 aliphatic carbocycles. The van der Waals surface area contributed by atoms with Gasteiger partial charge in [-0.25, -0.2) is 4.98 Å². The van der Waals surface area contributed by atoms with Crippen molar-refractivity contribution in [1.82, 2.24) is 4.98 Å². The summed E-state index contributed by atoms with van der Waals surface area (Å²) in [7, 11) is 0. The second kappa shape index (κ2) is 8.52. The van der Waals surface area contributed by atoms with Gasteiger partial charge in [-0.15, -0.1) is 0 Å². The van der Waals surface area contributed by atoms with Gasteiger partial charge in [0.15, 0.2) is 0 Å². The number of anilines is 1. The molecule has 1 aromatic heterocycles. The summed E-state index contributed by atoms with van der Waals surface area (Å²) in [6, 6.07) is 32.8. The molecule has 3 nitrogen and oxygen atoms in total. The first-order chi connectivity index (χ1) is 14.6. The van der Waals surface area contributed by atoms with Crippen molar-refractivity contribution in [3.05, 3.63) is 131 Å². The Labute approximate surface area is 181 Å². The minimum Gasteiger partial charge on any atom is -0.367 e. The lowest BCUT2D eigenvalue weighted by Gasteiger charge is -2.38. The number of nitrogens with one attached hydrogen (secondary N) is 2. The second-order valence-corrected chi connectivity index (χ2v) is 7.54. The van der Waals surface area contributed by atoms with Crippen LogP contribution in [0.15, 0.2) is 103 Å². The third-order valence-corrected chi connectivity index (χ3v) is 5.42. The molecule has 0 bridgehead atoms. The van der Waals surface area contributed by atoms with Gasteiger partial charge in [0.05, 0.1) is 0 Å². The smallest absolute Gasteiger partial charge is 0.131 e. The summed E-state index contributed by atoms with van der Waals surface area (Å²) in [6.07, 6.45) is 1.65. The van der Waals surface area contributed by atoms with E-state index < -0.39 is 5.54 Å². The Balaban J connectivity index is 2.04. The third-order valence-electron chi connectivity index (χ3n) is 5.22. The normalized spacial score (nSPS) is 11.1. The van der Waals surface area contributed by atoms with Crippen LogP contribution < -0.4 is 5.32 Å². The molecule has 0 unspecified atom stereocenters. The molecule has 4 heteroatoms. The fraction of sp³-hybridized carbons (Fsp3) is 0.0769. The zero-order valence-electron chi connectivity index (χ0n) is 16.6. The van der Waals surface area contributed by atoms with Gasteiger partial charge in [-0.2, -0.15) is 0 Å². The third kappa shape index (κ3) is 3.72. The number of benzene rings is 3. The molecule has 0 atom stereocenters. The molecule has 2 N–H and O–H groups in total. The largest absolute Gasteiger partial charge is 0.367 e. The Kier molecular flexibility index (Phi) is 5.64. The van der Waals surface area contributed by atoms with Gasteiger partial charge < -0.3 is 10.7 Å². The Hall–Kier alpha value is -3.43. The van der Waals surface area contributed by atoms with E-state index >= 15 is 0 Å². The monoisotopic (exact) mass is 411 g/mol. The highest BCUT2D eigenvalue weighted by atomic mass is 35.5. The van der Waals surface area contributed by atoms with E-state index in [1.54, 1.807) is 19.2 Å². The lowest BCUT2D eigenvalue weighted by Crippen LogP contribution is -2.38. The van der Waals surface area contributed by atoms with Gasteiger partial charge in [0.2, 0.25) is 0 Å². The Morgan fingerprint density at radius 2 is 1.23 bits per heavy atom. The van der Waals surface area contributed by atoms with Crippen LogP contribution in [0.2, 0.25) is 5.15 Å².